The Labute approximate surface area is 118 Å². The van der Waals surface area contributed by atoms with Crippen molar-refractivity contribution in [2.75, 3.05) is 0 Å². The lowest BCUT2D eigenvalue weighted by atomic mass is 10.1. The molecule has 1 aliphatic carbocycles. The highest BCUT2D eigenvalue weighted by Crippen LogP contribution is 2.40. The zero-order valence-electron chi connectivity index (χ0n) is 11.3. The van der Waals surface area contributed by atoms with Crippen LogP contribution in [0.1, 0.15) is 33.8 Å². The van der Waals surface area contributed by atoms with Crippen LogP contribution in [0.2, 0.25) is 0 Å². The molecule has 3 rings (SSSR count). The van der Waals surface area contributed by atoms with Crippen LogP contribution in [0, 0.1) is 6.92 Å². The normalized spacial score (nSPS) is 20.4. The second kappa shape index (κ2) is 5.00. The number of amides is 1. The van der Waals surface area contributed by atoms with Gasteiger partial charge in [0.25, 0.3) is 5.91 Å². The standard InChI is InChI=1S/C17H17NO2/c1-11-9-13(7-8-16(11)19)17(20)18-15-10-14(15)12-5-3-2-4-6-12/h2-9,14-15,19H,10H2,1H3,(H,18,20). The van der Waals surface area contributed by atoms with Crippen LogP contribution in [0.4, 0.5) is 0 Å². The van der Waals surface area contributed by atoms with E-state index in [-0.39, 0.29) is 17.7 Å². The summed E-state index contributed by atoms with van der Waals surface area (Å²) < 4.78 is 0. The summed E-state index contributed by atoms with van der Waals surface area (Å²) in [5, 5.41) is 12.5. The Kier molecular flexibility index (Phi) is 3.18. The summed E-state index contributed by atoms with van der Waals surface area (Å²) in [5.41, 5.74) is 2.59. The molecule has 0 aliphatic heterocycles. The number of phenolic OH excluding ortho intramolecular Hbond substituents is 1. The van der Waals surface area contributed by atoms with Crippen molar-refractivity contribution in [3.63, 3.8) is 0 Å². The number of aryl methyl sites for hydroxylation is 1. The number of benzene rings is 2. The lowest BCUT2D eigenvalue weighted by molar-refractivity contribution is 0.0950. The van der Waals surface area contributed by atoms with Crippen molar-refractivity contribution < 1.29 is 9.90 Å². The number of aromatic hydroxyl groups is 1. The number of carbonyl (C=O) groups is 1. The van der Waals surface area contributed by atoms with E-state index in [1.54, 1.807) is 25.1 Å². The third kappa shape index (κ3) is 2.52. The van der Waals surface area contributed by atoms with Gasteiger partial charge in [-0.1, -0.05) is 30.3 Å². The molecule has 3 nitrogen and oxygen atoms in total. The maximum Gasteiger partial charge on any atom is 0.251 e. The van der Waals surface area contributed by atoms with Gasteiger partial charge in [0, 0.05) is 17.5 Å². The Hall–Kier alpha value is -2.29. The average molecular weight is 267 g/mol. The topological polar surface area (TPSA) is 49.3 Å². The third-order valence-corrected chi connectivity index (χ3v) is 3.79. The Bertz CT molecular complexity index is 637. The quantitative estimate of drug-likeness (QED) is 0.898. The van der Waals surface area contributed by atoms with Crippen molar-refractivity contribution >= 4 is 5.91 Å². The lowest BCUT2D eigenvalue weighted by Crippen LogP contribution is -2.26. The summed E-state index contributed by atoms with van der Waals surface area (Å²) in [5.74, 6) is 0.574. The molecule has 102 valence electrons. The van der Waals surface area contributed by atoms with Gasteiger partial charge in [0.1, 0.15) is 5.75 Å². The molecule has 1 aliphatic rings. The van der Waals surface area contributed by atoms with Crippen molar-refractivity contribution in [1.29, 1.82) is 0 Å². The predicted molar refractivity (Wildman–Crippen MR) is 77.9 cm³/mol. The number of hydrogen-bond donors (Lipinski definition) is 2. The molecule has 2 aromatic rings. The molecule has 3 heteroatoms. The molecule has 0 saturated heterocycles. The van der Waals surface area contributed by atoms with Crippen LogP contribution < -0.4 is 5.32 Å². The highest BCUT2D eigenvalue weighted by molar-refractivity contribution is 5.95. The minimum atomic E-state index is -0.0727. The van der Waals surface area contributed by atoms with E-state index in [1.807, 2.05) is 18.2 Å². The summed E-state index contributed by atoms with van der Waals surface area (Å²) in [4.78, 5) is 12.1. The minimum absolute atomic E-state index is 0.0727. The fraction of sp³-hybridized carbons (Fsp3) is 0.235. The first-order valence-electron chi connectivity index (χ1n) is 6.80. The highest BCUT2D eigenvalue weighted by atomic mass is 16.3. The monoisotopic (exact) mass is 267 g/mol. The summed E-state index contributed by atoms with van der Waals surface area (Å²) in [6.07, 6.45) is 0.993. The minimum Gasteiger partial charge on any atom is -0.508 e. The summed E-state index contributed by atoms with van der Waals surface area (Å²) >= 11 is 0. The van der Waals surface area contributed by atoms with Crippen LogP contribution in [0.3, 0.4) is 0 Å². The van der Waals surface area contributed by atoms with Crippen molar-refractivity contribution in [1.82, 2.24) is 5.32 Å². The Balaban J connectivity index is 1.65. The van der Waals surface area contributed by atoms with Gasteiger partial charge in [-0.3, -0.25) is 4.79 Å². The van der Waals surface area contributed by atoms with E-state index < -0.39 is 0 Å². The van der Waals surface area contributed by atoms with E-state index in [2.05, 4.69) is 17.4 Å². The molecular weight excluding hydrogens is 250 g/mol. The van der Waals surface area contributed by atoms with Gasteiger partial charge >= 0.3 is 0 Å². The first-order chi connectivity index (χ1) is 9.65. The van der Waals surface area contributed by atoms with Crippen molar-refractivity contribution in [3.05, 3.63) is 65.2 Å². The Morgan fingerprint density at radius 3 is 2.65 bits per heavy atom. The van der Waals surface area contributed by atoms with Gasteiger partial charge in [-0.15, -0.1) is 0 Å². The number of hydrogen-bond acceptors (Lipinski definition) is 2. The molecule has 1 fully saturated rings. The molecule has 0 bridgehead atoms. The first-order valence-corrected chi connectivity index (χ1v) is 6.80. The van der Waals surface area contributed by atoms with Crippen LogP contribution in [0.5, 0.6) is 5.75 Å². The summed E-state index contributed by atoms with van der Waals surface area (Å²) in [6, 6.07) is 15.4. The van der Waals surface area contributed by atoms with Crippen LogP contribution in [0.15, 0.2) is 48.5 Å². The molecule has 1 amide bonds. The molecule has 0 aromatic heterocycles. The Morgan fingerprint density at radius 1 is 1.20 bits per heavy atom. The maximum absolute atomic E-state index is 12.1. The second-order valence-electron chi connectivity index (χ2n) is 5.33. The molecular formula is C17H17NO2. The van der Waals surface area contributed by atoms with Crippen LogP contribution >= 0.6 is 0 Å². The van der Waals surface area contributed by atoms with Gasteiger partial charge in [-0.2, -0.15) is 0 Å². The van der Waals surface area contributed by atoms with Crippen LogP contribution in [0.25, 0.3) is 0 Å². The smallest absolute Gasteiger partial charge is 0.251 e. The second-order valence-corrected chi connectivity index (χ2v) is 5.33. The fourth-order valence-corrected chi connectivity index (χ4v) is 2.47. The van der Waals surface area contributed by atoms with E-state index >= 15 is 0 Å². The van der Waals surface area contributed by atoms with Gasteiger partial charge in [0.15, 0.2) is 0 Å². The first kappa shape index (κ1) is 12.7. The predicted octanol–water partition coefficient (Wildman–Crippen LogP) is 2.99. The summed E-state index contributed by atoms with van der Waals surface area (Å²) in [6.45, 7) is 1.79. The van der Waals surface area contributed by atoms with Gasteiger partial charge < -0.3 is 10.4 Å². The van der Waals surface area contributed by atoms with Crippen LogP contribution in [-0.4, -0.2) is 17.1 Å². The lowest BCUT2D eigenvalue weighted by Gasteiger charge is -2.06. The molecule has 2 N–H and O–H groups in total. The zero-order chi connectivity index (χ0) is 14.1. The van der Waals surface area contributed by atoms with Crippen molar-refractivity contribution in [2.24, 2.45) is 0 Å². The molecule has 2 aromatic carbocycles. The number of carbonyl (C=O) groups excluding carboxylic acids is 1. The van der Waals surface area contributed by atoms with Gasteiger partial charge in [0.2, 0.25) is 0 Å². The molecule has 0 spiro atoms. The number of rotatable bonds is 3. The molecule has 2 unspecified atom stereocenters. The van der Waals surface area contributed by atoms with Gasteiger partial charge in [0.05, 0.1) is 0 Å². The van der Waals surface area contributed by atoms with Crippen LogP contribution in [-0.2, 0) is 0 Å². The Morgan fingerprint density at radius 2 is 1.95 bits per heavy atom. The molecule has 20 heavy (non-hydrogen) atoms. The molecule has 1 saturated carbocycles. The third-order valence-electron chi connectivity index (χ3n) is 3.79. The van der Waals surface area contributed by atoms with Crippen molar-refractivity contribution in [3.8, 4) is 5.75 Å². The average Bonchev–Trinajstić information content (AvgIpc) is 3.22. The summed E-state index contributed by atoms with van der Waals surface area (Å²) in [7, 11) is 0. The van der Waals surface area contributed by atoms with Gasteiger partial charge in [-0.05, 0) is 42.7 Å². The molecule has 0 heterocycles. The number of phenols is 1. The maximum atomic E-state index is 12.1. The molecule has 0 radical (unpaired) electrons. The number of nitrogens with one attached hydrogen (secondary N) is 1. The van der Waals surface area contributed by atoms with E-state index in [0.717, 1.165) is 6.42 Å². The van der Waals surface area contributed by atoms with E-state index in [1.165, 1.54) is 5.56 Å². The zero-order valence-corrected chi connectivity index (χ0v) is 11.3. The van der Waals surface area contributed by atoms with E-state index in [4.69, 9.17) is 0 Å². The highest BCUT2D eigenvalue weighted by Gasteiger charge is 2.39. The molecule has 2 atom stereocenters. The van der Waals surface area contributed by atoms with E-state index in [0.29, 0.717) is 17.0 Å². The largest absolute Gasteiger partial charge is 0.508 e. The van der Waals surface area contributed by atoms with E-state index in [9.17, 15) is 9.90 Å². The van der Waals surface area contributed by atoms with Gasteiger partial charge in [-0.25, -0.2) is 0 Å². The van der Waals surface area contributed by atoms with Crippen molar-refractivity contribution in [2.45, 2.75) is 25.3 Å². The fourth-order valence-electron chi connectivity index (χ4n) is 2.47. The SMILES string of the molecule is Cc1cc(C(=O)NC2CC2c2ccccc2)ccc1O.